The lowest BCUT2D eigenvalue weighted by Gasteiger charge is -2.30. The fourth-order valence-electron chi connectivity index (χ4n) is 12.5. The molecule has 16 rings (SSSR count). The quantitative estimate of drug-likeness (QED) is 0.166. The van der Waals surface area contributed by atoms with Crippen molar-refractivity contribution in [1.82, 2.24) is 15.0 Å². The monoisotopic (exact) mass is 955 g/mol. The predicted molar refractivity (Wildman–Crippen MR) is 303 cm³/mol. The lowest BCUT2D eigenvalue weighted by Crippen LogP contribution is -2.25. The standard InChI is InChI=1S/C70H41N3O2/c1-2-15-42(16-3-1)43-31-33-44(34-32-43)67-71-68(48-35-37-53-52-21-7-11-29-61(52)75-64(53)41-48)73-69(72-67)55-24-14-30-63-66(55)56-40-46(36-38-62(56)74-63)45-17-12-18-47(39-45)49-23-13-28-60-65(49)54-22-6-10-27-59(54)70(60)57-25-8-4-19-50(57)51-20-5-9-26-58(51)70/h1-41H. The Kier molecular flexibility index (Phi) is 8.89. The van der Waals surface area contributed by atoms with Crippen molar-refractivity contribution in [1.29, 1.82) is 0 Å². The highest BCUT2D eigenvalue weighted by molar-refractivity contribution is 6.13. The minimum absolute atomic E-state index is 0.410. The summed E-state index contributed by atoms with van der Waals surface area (Å²) in [5.41, 5.74) is 22.7. The first kappa shape index (κ1) is 41.6. The fourth-order valence-corrected chi connectivity index (χ4v) is 12.5. The van der Waals surface area contributed by atoms with Crippen LogP contribution in [-0.2, 0) is 5.41 Å². The number of para-hydroxylation sites is 1. The molecule has 2 aliphatic rings. The van der Waals surface area contributed by atoms with Gasteiger partial charge in [-0.2, -0.15) is 0 Å². The molecule has 5 heteroatoms. The summed E-state index contributed by atoms with van der Waals surface area (Å²) in [6, 6.07) is 88.8. The van der Waals surface area contributed by atoms with Crippen LogP contribution in [0.2, 0.25) is 0 Å². The lowest BCUT2D eigenvalue weighted by molar-refractivity contribution is 0.668. The fraction of sp³-hybridized carbons (Fsp3) is 0.0143. The molecule has 0 radical (unpaired) electrons. The summed E-state index contributed by atoms with van der Waals surface area (Å²) in [6.45, 7) is 0. The number of hydrogen-bond acceptors (Lipinski definition) is 5. The van der Waals surface area contributed by atoms with Crippen molar-refractivity contribution in [2.45, 2.75) is 5.41 Å². The van der Waals surface area contributed by atoms with Crippen molar-refractivity contribution in [3.05, 3.63) is 271 Å². The highest BCUT2D eigenvalue weighted by Gasteiger charge is 2.52. The Hall–Kier alpha value is -9.97. The molecule has 0 N–H and O–H groups in total. The molecule has 11 aromatic carbocycles. The second-order valence-electron chi connectivity index (χ2n) is 19.7. The molecule has 2 aliphatic carbocycles. The Morgan fingerprint density at radius 3 is 1.56 bits per heavy atom. The van der Waals surface area contributed by atoms with Crippen LogP contribution < -0.4 is 0 Å². The molecule has 5 nitrogen and oxygen atoms in total. The van der Waals surface area contributed by atoms with Crippen LogP contribution in [-0.4, -0.2) is 15.0 Å². The molecule has 75 heavy (non-hydrogen) atoms. The molecule has 0 unspecified atom stereocenters. The summed E-state index contributed by atoms with van der Waals surface area (Å²) < 4.78 is 13.0. The summed E-state index contributed by atoms with van der Waals surface area (Å²) in [5.74, 6) is 1.68. The number of nitrogens with zero attached hydrogens (tertiary/aromatic N) is 3. The van der Waals surface area contributed by atoms with Gasteiger partial charge in [0, 0.05) is 38.2 Å². The molecule has 0 bridgehead atoms. The number of aromatic nitrogens is 3. The lowest BCUT2D eigenvalue weighted by atomic mass is 9.70. The summed E-state index contributed by atoms with van der Waals surface area (Å²) in [5, 5.41) is 4.05. The second kappa shape index (κ2) is 16.0. The first-order valence-electron chi connectivity index (χ1n) is 25.5. The number of fused-ring (bicyclic) bond motifs is 16. The van der Waals surface area contributed by atoms with Crippen molar-refractivity contribution in [3.8, 4) is 89.8 Å². The van der Waals surface area contributed by atoms with Gasteiger partial charge in [0.15, 0.2) is 17.5 Å². The molecule has 0 saturated carbocycles. The van der Waals surface area contributed by atoms with E-state index in [1.807, 2.05) is 42.5 Å². The predicted octanol–water partition coefficient (Wildman–Crippen LogP) is 18.0. The van der Waals surface area contributed by atoms with Crippen LogP contribution in [0.1, 0.15) is 22.3 Å². The van der Waals surface area contributed by atoms with E-state index in [0.717, 1.165) is 88.4 Å². The first-order chi connectivity index (χ1) is 37.2. The molecule has 0 saturated heterocycles. The van der Waals surface area contributed by atoms with Gasteiger partial charge in [-0.15, -0.1) is 0 Å². The van der Waals surface area contributed by atoms with Gasteiger partial charge in [-0.25, -0.2) is 15.0 Å². The molecule has 0 aliphatic heterocycles. The smallest absolute Gasteiger partial charge is 0.164 e. The van der Waals surface area contributed by atoms with Crippen LogP contribution >= 0.6 is 0 Å². The van der Waals surface area contributed by atoms with Crippen molar-refractivity contribution in [3.63, 3.8) is 0 Å². The zero-order chi connectivity index (χ0) is 49.2. The van der Waals surface area contributed by atoms with Gasteiger partial charge in [-0.3, -0.25) is 0 Å². The Balaban J connectivity index is 0.837. The van der Waals surface area contributed by atoms with Crippen LogP contribution in [0.4, 0.5) is 0 Å². The van der Waals surface area contributed by atoms with Gasteiger partial charge >= 0.3 is 0 Å². The average Bonchev–Trinajstić information content (AvgIpc) is 4.40. The highest BCUT2D eigenvalue weighted by Crippen LogP contribution is 2.64. The molecule has 1 spiro atoms. The van der Waals surface area contributed by atoms with Crippen LogP contribution in [0.3, 0.4) is 0 Å². The Morgan fingerprint density at radius 2 is 0.747 bits per heavy atom. The Morgan fingerprint density at radius 1 is 0.253 bits per heavy atom. The molecule has 348 valence electrons. The third kappa shape index (κ3) is 6.16. The van der Waals surface area contributed by atoms with Crippen LogP contribution in [0, 0.1) is 0 Å². The van der Waals surface area contributed by atoms with Crippen LogP contribution in [0.25, 0.3) is 134 Å². The second-order valence-corrected chi connectivity index (χ2v) is 19.7. The normalized spacial score (nSPS) is 12.9. The summed E-state index contributed by atoms with van der Waals surface area (Å²) in [6.07, 6.45) is 0. The van der Waals surface area contributed by atoms with E-state index < -0.39 is 5.41 Å². The van der Waals surface area contributed by atoms with E-state index in [-0.39, 0.29) is 0 Å². The summed E-state index contributed by atoms with van der Waals surface area (Å²) >= 11 is 0. The molecule has 14 aromatic rings. The molecular formula is C70H41N3O2. The van der Waals surface area contributed by atoms with Crippen molar-refractivity contribution < 1.29 is 8.83 Å². The molecule has 0 amide bonds. The van der Waals surface area contributed by atoms with Crippen molar-refractivity contribution in [2.24, 2.45) is 0 Å². The van der Waals surface area contributed by atoms with E-state index in [1.54, 1.807) is 0 Å². The number of rotatable bonds is 6. The van der Waals surface area contributed by atoms with Crippen molar-refractivity contribution >= 4 is 43.9 Å². The Labute approximate surface area is 431 Å². The molecule has 0 fully saturated rings. The van der Waals surface area contributed by atoms with Gasteiger partial charge in [0.25, 0.3) is 0 Å². The SMILES string of the molecule is c1ccc(-c2ccc(-c3nc(-c4ccc5c(c4)oc4ccccc45)nc(-c4cccc5oc6ccc(-c7cccc(-c8cccc9c8-c8ccccc8C98c9ccccc9-c9ccccc98)c7)cc6c45)n3)cc2)cc1. The molecule has 3 heterocycles. The number of hydrogen-bond donors (Lipinski definition) is 0. The van der Waals surface area contributed by atoms with E-state index in [4.69, 9.17) is 23.8 Å². The summed E-state index contributed by atoms with van der Waals surface area (Å²) in [4.78, 5) is 15.7. The van der Waals surface area contributed by atoms with E-state index in [1.165, 1.54) is 50.1 Å². The highest BCUT2D eigenvalue weighted by atomic mass is 16.3. The minimum Gasteiger partial charge on any atom is -0.456 e. The maximum absolute atomic E-state index is 6.66. The van der Waals surface area contributed by atoms with Gasteiger partial charge in [-0.1, -0.05) is 206 Å². The van der Waals surface area contributed by atoms with Gasteiger partial charge in [-0.05, 0) is 120 Å². The maximum Gasteiger partial charge on any atom is 0.164 e. The Bertz CT molecular complexity index is 4620. The largest absolute Gasteiger partial charge is 0.456 e. The summed E-state index contributed by atoms with van der Waals surface area (Å²) in [7, 11) is 0. The minimum atomic E-state index is -0.410. The van der Waals surface area contributed by atoms with Gasteiger partial charge < -0.3 is 8.83 Å². The first-order valence-corrected chi connectivity index (χ1v) is 25.5. The third-order valence-electron chi connectivity index (χ3n) is 15.8. The van der Waals surface area contributed by atoms with Gasteiger partial charge in [0.1, 0.15) is 22.3 Å². The zero-order valence-corrected chi connectivity index (χ0v) is 40.3. The third-order valence-corrected chi connectivity index (χ3v) is 15.8. The van der Waals surface area contributed by atoms with Crippen LogP contribution in [0.15, 0.2) is 258 Å². The molecule has 0 atom stereocenters. The van der Waals surface area contributed by atoms with E-state index in [0.29, 0.717) is 17.5 Å². The maximum atomic E-state index is 6.66. The molecule has 3 aromatic heterocycles. The number of furan rings is 2. The van der Waals surface area contributed by atoms with Crippen LogP contribution in [0.5, 0.6) is 0 Å². The van der Waals surface area contributed by atoms with Gasteiger partial charge in [0.2, 0.25) is 0 Å². The molecular weight excluding hydrogens is 915 g/mol. The van der Waals surface area contributed by atoms with Crippen molar-refractivity contribution in [2.75, 3.05) is 0 Å². The number of benzene rings is 11. The van der Waals surface area contributed by atoms with E-state index in [9.17, 15) is 0 Å². The average molecular weight is 956 g/mol. The van der Waals surface area contributed by atoms with Gasteiger partial charge in [0.05, 0.1) is 5.41 Å². The zero-order valence-electron chi connectivity index (χ0n) is 40.3. The van der Waals surface area contributed by atoms with E-state index >= 15 is 0 Å². The topological polar surface area (TPSA) is 65.0 Å². The van der Waals surface area contributed by atoms with E-state index in [2.05, 4.69) is 206 Å².